The molecule has 0 radical (unpaired) electrons. The minimum absolute atomic E-state index is 0.235. The number of carbonyl (C=O) groups excluding carboxylic acids is 1. The Bertz CT molecular complexity index is 1150. The molecule has 0 saturated heterocycles. The number of para-hydroxylation sites is 1. The first-order valence-electron chi connectivity index (χ1n) is 9.34. The fourth-order valence-electron chi connectivity index (χ4n) is 2.87. The van der Waals surface area contributed by atoms with Crippen LogP contribution in [0.3, 0.4) is 0 Å². The van der Waals surface area contributed by atoms with E-state index in [9.17, 15) is 9.18 Å². The van der Waals surface area contributed by atoms with E-state index >= 15 is 0 Å². The Kier molecular flexibility index (Phi) is 5.90. The number of halogens is 1. The molecule has 30 heavy (non-hydrogen) atoms. The summed E-state index contributed by atoms with van der Waals surface area (Å²) in [5.41, 5.74) is 2.02. The number of aryl methyl sites for hydroxylation is 1. The molecule has 2 heterocycles. The largest absolute Gasteiger partial charge is 0.488 e. The normalized spacial score (nSPS) is 10.7. The van der Waals surface area contributed by atoms with E-state index in [2.05, 4.69) is 10.3 Å². The zero-order valence-corrected chi connectivity index (χ0v) is 17.0. The lowest BCUT2D eigenvalue weighted by Gasteiger charge is -2.11. The van der Waals surface area contributed by atoms with Crippen molar-refractivity contribution in [3.05, 3.63) is 93.8 Å². The van der Waals surface area contributed by atoms with Crippen molar-refractivity contribution in [2.45, 2.75) is 20.1 Å². The minimum atomic E-state index is -0.301. The van der Waals surface area contributed by atoms with Gasteiger partial charge in [0, 0.05) is 5.38 Å². The van der Waals surface area contributed by atoms with Crippen molar-refractivity contribution in [1.82, 2.24) is 10.3 Å². The lowest BCUT2D eigenvalue weighted by atomic mass is 10.2. The molecular formula is C23H19FN2O3S. The van der Waals surface area contributed by atoms with E-state index in [0.29, 0.717) is 22.8 Å². The predicted molar refractivity (Wildman–Crippen MR) is 113 cm³/mol. The number of thiazole rings is 1. The number of hydrogen-bond donors (Lipinski definition) is 1. The van der Waals surface area contributed by atoms with Crippen molar-refractivity contribution in [1.29, 1.82) is 0 Å². The van der Waals surface area contributed by atoms with E-state index in [0.717, 1.165) is 16.3 Å². The van der Waals surface area contributed by atoms with Gasteiger partial charge in [-0.15, -0.1) is 11.3 Å². The Labute approximate surface area is 177 Å². The molecule has 0 aliphatic heterocycles. The summed E-state index contributed by atoms with van der Waals surface area (Å²) in [6, 6.07) is 16.7. The van der Waals surface area contributed by atoms with E-state index in [1.807, 2.05) is 24.4 Å². The fraction of sp³-hybridized carbons (Fsp3) is 0.130. The van der Waals surface area contributed by atoms with E-state index in [-0.39, 0.29) is 24.9 Å². The lowest BCUT2D eigenvalue weighted by molar-refractivity contribution is 0.0943. The maximum absolute atomic E-state index is 13.0. The number of rotatable bonds is 7. The highest BCUT2D eigenvalue weighted by molar-refractivity contribution is 7.09. The minimum Gasteiger partial charge on any atom is -0.488 e. The molecule has 2 aromatic carbocycles. The van der Waals surface area contributed by atoms with Crippen molar-refractivity contribution in [3.63, 3.8) is 0 Å². The van der Waals surface area contributed by atoms with Gasteiger partial charge in [0.15, 0.2) is 5.76 Å². The second-order valence-corrected chi connectivity index (χ2v) is 7.67. The molecule has 0 fully saturated rings. The molecule has 0 aliphatic carbocycles. The van der Waals surface area contributed by atoms with Crippen LogP contribution < -0.4 is 10.1 Å². The zero-order chi connectivity index (χ0) is 20.9. The standard InChI is InChI=1S/C23H19FN2O3S/c1-15-26-20(14-30-15)22-11-10-18(29-22)12-25-23(27)19-4-2-3-5-21(19)28-13-16-6-8-17(24)9-7-16/h2-11,14H,12-13H2,1H3,(H,25,27). The molecule has 0 unspecified atom stereocenters. The summed E-state index contributed by atoms with van der Waals surface area (Å²) in [6.07, 6.45) is 0. The number of carbonyl (C=O) groups is 1. The first-order chi connectivity index (χ1) is 14.6. The topological polar surface area (TPSA) is 64.4 Å². The van der Waals surface area contributed by atoms with Crippen molar-refractivity contribution in [3.8, 4) is 17.2 Å². The maximum atomic E-state index is 13.0. The van der Waals surface area contributed by atoms with Crippen molar-refractivity contribution >= 4 is 17.2 Å². The predicted octanol–water partition coefficient (Wildman–Crippen LogP) is 5.36. The van der Waals surface area contributed by atoms with Gasteiger partial charge >= 0.3 is 0 Å². The number of nitrogens with one attached hydrogen (secondary N) is 1. The van der Waals surface area contributed by atoms with Crippen molar-refractivity contribution in [2.24, 2.45) is 0 Å². The highest BCUT2D eigenvalue weighted by atomic mass is 32.1. The van der Waals surface area contributed by atoms with Gasteiger partial charge in [-0.1, -0.05) is 24.3 Å². The average molecular weight is 422 g/mol. The number of amides is 1. The van der Waals surface area contributed by atoms with Gasteiger partial charge in [0.1, 0.15) is 29.6 Å². The van der Waals surface area contributed by atoms with Crippen LogP contribution in [0.1, 0.15) is 26.7 Å². The summed E-state index contributed by atoms with van der Waals surface area (Å²) >= 11 is 1.56. The van der Waals surface area contributed by atoms with Crippen molar-refractivity contribution in [2.75, 3.05) is 0 Å². The molecule has 7 heteroatoms. The SMILES string of the molecule is Cc1nc(-c2ccc(CNC(=O)c3ccccc3OCc3ccc(F)cc3)o2)cs1. The molecule has 1 amide bonds. The Morgan fingerprint density at radius 2 is 1.93 bits per heavy atom. The number of benzene rings is 2. The van der Waals surface area contributed by atoms with E-state index < -0.39 is 0 Å². The van der Waals surface area contributed by atoms with Gasteiger partial charge in [-0.25, -0.2) is 9.37 Å². The summed E-state index contributed by atoms with van der Waals surface area (Å²) in [6.45, 7) is 2.42. The summed E-state index contributed by atoms with van der Waals surface area (Å²) in [5.74, 6) is 1.19. The molecular weight excluding hydrogens is 403 g/mol. The van der Waals surface area contributed by atoms with Gasteiger partial charge in [0.2, 0.25) is 0 Å². The summed E-state index contributed by atoms with van der Waals surface area (Å²) in [7, 11) is 0. The zero-order valence-electron chi connectivity index (χ0n) is 16.2. The van der Waals surface area contributed by atoms with Crippen LogP contribution in [0.2, 0.25) is 0 Å². The molecule has 5 nitrogen and oxygen atoms in total. The monoisotopic (exact) mass is 422 g/mol. The van der Waals surface area contributed by atoms with Crippen LogP contribution in [0.25, 0.3) is 11.5 Å². The third kappa shape index (κ3) is 4.75. The molecule has 0 bridgehead atoms. The first-order valence-corrected chi connectivity index (χ1v) is 10.2. The van der Waals surface area contributed by atoms with E-state index in [1.54, 1.807) is 47.7 Å². The quantitative estimate of drug-likeness (QED) is 0.435. The van der Waals surface area contributed by atoms with Gasteiger partial charge in [-0.05, 0) is 48.9 Å². The van der Waals surface area contributed by atoms with E-state index in [4.69, 9.17) is 9.15 Å². The second-order valence-electron chi connectivity index (χ2n) is 6.61. The first kappa shape index (κ1) is 19.8. The molecule has 1 N–H and O–H groups in total. The van der Waals surface area contributed by atoms with Gasteiger partial charge in [0.05, 0.1) is 17.1 Å². The van der Waals surface area contributed by atoms with Gasteiger partial charge < -0.3 is 14.5 Å². The third-order valence-corrected chi connectivity index (χ3v) is 5.17. The molecule has 152 valence electrons. The van der Waals surface area contributed by atoms with Crippen LogP contribution in [-0.4, -0.2) is 10.9 Å². The number of aromatic nitrogens is 1. The van der Waals surface area contributed by atoms with Crippen LogP contribution in [0.5, 0.6) is 5.75 Å². The highest BCUT2D eigenvalue weighted by Crippen LogP contribution is 2.24. The average Bonchev–Trinajstić information content (AvgIpc) is 3.41. The lowest BCUT2D eigenvalue weighted by Crippen LogP contribution is -2.23. The third-order valence-electron chi connectivity index (χ3n) is 4.40. The summed E-state index contributed by atoms with van der Waals surface area (Å²) in [5, 5.41) is 5.75. The number of hydrogen-bond acceptors (Lipinski definition) is 5. The van der Waals surface area contributed by atoms with Crippen LogP contribution in [0.4, 0.5) is 4.39 Å². The molecule has 4 aromatic rings. The van der Waals surface area contributed by atoms with Crippen LogP contribution in [-0.2, 0) is 13.2 Å². The van der Waals surface area contributed by atoms with Crippen LogP contribution >= 0.6 is 11.3 Å². The number of nitrogens with zero attached hydrogens (tertiary/aromatic N) is 1. The maximum Gasteiger partial charge on any atom is 0.255 e. The van der Waals surface area contributed by atoms with Crippen molar-refractivity contribution < 1.29 is 18.3 Å². The molecule has 0 aliphatic rings. The molecule has 0 saturated carbocycles. The molecule has 0 spiro atoms. The molecule has 0 atom stereocenters. The Hall–Kier alpha value is -3.45. The Morgan fingerprint density at radius 3 is 2.70 bits per heavy atom. The molecule has 4 rings (SSSR count). The smallest absolute Gasteiger partial charge is 0.255 e. The fourth-order valence-corrected chi connectivity index (χ4v) is 3.47. The highest BCUT2D eigenvalue weighted by Gasteiger charge is 2.14. The molecule has 2 aromatic heterocycles. The number of ether oxygens (including phenoxy) is 1. The van der Waals surface area contributed by atoms with E-state index in [1.165, 1.54) is 12.1 Å². The number of furan rings is 1. The summed E-state index contributed by atoms with van der Waals surface area (Å²) in [4.78, 5) is 17.1. The van der Waals surface area contributed by atoms with Gasteiger partial charge in [0.25, 0.3) is 5.91 Å². The van der Waals surface area contributed by atoms with Gasteiger partial charge in [-0.2, -0.15) is 0 Å². The Morgan fingerprint density at radius 1 is 1.13 bits per heavy atom. The van der Waals surface area contributed by atoms with Crippen LogP contribution in [0.15, 0.2) is 70.5 Å². The summed E-state index contributed by atoms with van der Waals surface area (Å²) < 4.78 is 24.6. The van der Waals surface area contributed by atoms with Crippen LogP contribution in [0, 0.1) is 12.7 Å². The van der Waals surface area contributed by atoms with Gasteiger partial charge in [-0.3, -0.25) is 4.79 Å². The second kappa shape index (κ2) is 8.92. The Balaban J connectivity index is 1.39.